The zero-order valence-corrected chi connectivity index (χ0v) is 18.8. The zero-order valence-electron chi connectivity index (χ0n) is 17.2. The van der Waals surface area contributed by atoms with Gasteiger partial charge in [-0.3, -0.25) is 4.79 Å². The Morgan fingerprint density at radius 1 is 0.969 bits per heavy atom. The van der Waals surface area contributed by atoms with Crippen LogP contribution < -0.4 is 14.8 Å². The SMILES string of the molecule is Cc1ccccc1-c1ccc(S(=O)(=O)Cl)cc1NC(=O)C1(c2ccc3c(c2)OCO3)CC1. The number of hydrogen-bond acceptors (Lipinski definition) is 5. The second-order valence-electron chi connectivity index (χ2n) is 8.06. The zero-order chi connectivity index (χ0) is 22.5. The van der Waals surface area contributed by atoms with E-state index in [9.17, 15) is 13.2 Å². The molecule has 2 aliphatic rings. The highest BCUT2D eigenvalue weighted by molar-refractivity contribution is 8.13. The summed E-state index contributed by atoms with van der Waals surface area (Å²) >= 11 is 0. The van der Waals surface area contributed by atoms with Crippen LogP contribution in [0.5, 0.6) is 11.5 Å². The maximum atomic E-state index is 13.5. The van der Waals surface area contributed by atoms with Crippen molar-refractivity contribution in [3.63, 3.8) is 0 Å². The van der Waals surface area contributed by atoms with E-state index in [0.29, 0.717) is 30.0 Å². The minimum absolute atomic E-state index is 0.0697. The molecular weight excluding hydrogens is 450 g/mol. The summed E-state index contributed by atoms with van der Waals surface area (Å²) in [6.45, 7) is 2.12. The third-order valence-electron chi connectivity index (χ3n) is 6.07. The van der Waals surface area contributed by atoms with Crippen molar-refractivity contribution in [3.05, 3.63) is 71.8 Å². The first-order valence-electron chi connectivity index (χ1n) is 10.1. The largest absolute Gasteiger partial charge is 0.454 e. The molecule has 1 aliphatic carbocycles. The highest BCUT2D eigenvalue weighted by atomic mass is 35.7. The lowest BCUT2D eigenvalue weighted by Gasteiger charge is -2.19. The number of ether oxygens (including phenoxy) is 2. The number of carbonyl (C=O) groups excluding carboxylic acids is 1. The predicted molar refractivity (Wildman–Crippen MR) is 122 cm³/mol. The molecule has 6 nitrogen and oxygen atoms in total. The molecule has 1 fully saturated rings. The summed E-state index contributed by atoms with van der Waals surface area (Å²) in [7, 11) is 1.62. The van der Waals surface area contributed by atoms with Crippen LogP contribution in [0, 0.1) is 6.92 Å². The van der Waals surface area contributed by atoms with Crippen molar-refractivity contribution in [1.82, 2.24) is 0 Å². The van der Waals surface area contributed by atoms with E-state index in [0.717, 1.165) is 22.3 Å². The Morgan fingerprint density at radius 2 is 1.72 bits per heavy atom. The second-order valence-corrected chi connectivity index (χ2v) is 10.6. The van der Waals surface area contributed by atoms with Gasteiger partial charge in [-0.05, 0) is 60.7 Å². The molecule has 1 amide bonds. The van der Waals surface area contributed by atoms with Crippen molar-refractivity contribution in [3.8, 4) is 22.6 Å². The van der Waals surface area contributed by atoms with Gasteiger partial charge in [-0.15, -0.1) is 0 Å². The maximum absolute atomic E-state index is 13.5. The van der Waals surface area contributed by atoms with Gasteiger partial charge in [0.25, 0.3) is 9.05 Å². The molecule has 0 atom stereocenters. The third-order valence-corrected chi connectivity index (χ3v) is 7.42. The molecule has 0 saturated heterocycles. The van der Waals surface area contributed by atoms with E-state index in [1.807, 2.05) is 49.4 Å². The summed E-state index contributed by atoms with van der Waals surface area (Å²) in [5.74, 6) is 1.08. The fourth-order valence-corrected chi connectivity index (χ4v) is 4.87. The predicted octanol–water partition coefficient (Wildman–Crippen LogP) is 4.99. The summed E-state index contributed by atoms with van der Waals surface area (Å²) in [5, 5.41) is 2.98. The maximum Gasteiger partial charge on any atom is 0.261 e. The van der Waals surface area contributed by atoms with Gasteiger partial charge in [0.15, 0.2) is 11.5 Å². The van der Waals surface area contributed by atoms with E-state index in [2.05, 4.69) is 5.32 Å². The van der Waals surface area contributed by atoms with Crippen LogP contribution in [0.25, 0.3) is 11.1 Å². The van der Waals surface area contributed by atoms with Crippen LogP contribution in [0.15, 0.2) is 65.6 Å². The Kier molecular flexibility index (Phi) is 4.91. The molecule has 32 heavy (non-hydrogen) atoms. The molecule has 1 aliphatic heterocycles. The van der Waals surface area contributed by atoms with E-state index in [-0.39, 0.29) is 17.6 Å². The van der Waals surface area contributed by atoms with Gasteiger partial charge in [0.1, 0.15) is 0 Å². The second kappa shape index (κ2) is 7.53. The van der Waals surface area contributed by atoms with Crippen LogP contribution in [0.4, 0.5) is 5.69 Å². The van der Waals surface area contributed by atoms with E-state index in [4.69, 9.17) is 20.2 Å². The number of rotatable bonds is 5. The number of nitrogens with one attached hydrogen (secondary N) is 1. The van der Waals surface area contributed by atoms with Crippen LogP contribution in [0.3, 0.4) is 0 Å². The van der Waals surface area contributed by atoms with E-state index in [1.54, 1.807) is 6.07 Å². The van der Waals surface area contributed by atoms with Crippen molar-refractivity contribution in [2.75, 3.05) is 12.1 Å². The summed E-state index contributed by atoms with van der Waals surface area (Å²) < 4.78 is 34.7. The first kappa shape index (κ1) is 20.8. The molecule has 0 bridgehead atoms. The van der Waals surface area contributed by atoms with Crippen molar-refractivity contribution < 1.29 is 22.7 Å². The Labute approximate surface area is 190 Å². The molecular formula is C24H20ClNO5S. The summed E-state index contributed by atoms with van der Waals surface area (Å²) in [5.41, 5.74) is 3.17. The number of fused-ring (bicyclic) bond motifs is 1. The number of hydrogen-bond donors (Lipinski definition) is 1. The molecule has 5 rings (SSSR count). The molecule has 1 heterocycles. The minimum Gasteiger partial charge on any atom is -0.454 e. The number of anilines is 1. The number of benzene rings is 3. The van der Waals surface area contributed by atoms with Gasteiger partial charge < -0.3 is 14.8 Å². The molecule has 8 heteroatoms. The molecule has 3 aromatic carbocycles. The van der Waals surface area contributed by atoms with Gasteiger partial charge in [-0.2, -0.15) is 0 Å². The molecule has 3 aromatic rings. The normalized spacial score (nSPS) is 15.9. The van der Waals surface area contributed by atoms with Gasteiger partial charge in [-0.25, -0.2) is 8.42 Å². The van der Waals surface area contributed by atoms with Crippen LogP contribution in [0.2, 0.25) is 0 Å². The Morgan fingerprint density at radius 3 is 2.44 bits per heavy atom. The lowest BCUT2D eigenvalue weighted by molar-refractivity contribution is -0.118. The van der Waals surface area contributed by atoms with Crippen molar-refractivity contribution in [2.45, 2.75) is 30.1 Å². The number of halogens is 1. The minimum atomic E-state index is -3.96. The van der Waals surface area contributed by atoms with E-state index < -0.39 is 14.5 Å². The van der Waals surface area contributed by atoms with Crippen LogP contribution in [0.1, 0.15) is 24.0 Å². The van der Waals surface area contributed by atoms with Crippen molar-refractivity contribution in [1.29, 1.82) is 0 Å². The highest BCUT2D eigenvalue weighted by Crippen LogP contribution is 2.51. The van der Waals surface area contributed by atoms with E-state index >= 15 is 0 Å². The van der Waals surface area contributed by atoms with Gasteiger partial charge >= 0.3 is 0 Å². The van der Waals surface area contributed by atoms with Crippen molar-refractivity contribution >= 4 is 31.3 Å². The number of aryl methyl sites for hydroxylation is 1. The summed E-state index contributed by atoms with van der Waals surface area (Å²) in [6.07, 6.45) is 1.37. The lowest BCUT2D eigenvalue weighted by atomic mass is 9.93. The summed E-state index contributed by atoms with van der Waals surface area (Å²) in [4.78, 5) is 13.4. The fraction of sp³-hybridized carbons (Fsp3) is 0.208. The average molecular weight is 470 g/mol. The van der Waals surface area contributed by atoms with Gasteiger partial charge in [0.2, 0.25) is 12.7 Å². The molecule has 0 unspecified atom stereocenters. The van der Waals surface area contributed by atoms with Crippen LogP contribution >= 0.6 is 10.7 Å². The van der Waals surface area contributed by atoms with Gasteiger partial charge in [0.05, 0.1) is 10.3 Å². The molecule has 0 spiro atoms. The standard InChI is InChI=1S/C24H20ClNO5S/c1-15-4-2-3-5-18(15)19-8-7-17(32(25,28)29)13-20(19)26-23(27)24(10-11-24)16-6-9-21-22(12-16)31-14-30-21/h2-9,12-13H,10-11,14H2,1H3,(H,26,27). The van der Waals surface area contributed by atoms with Crippen molar-refractivity contribution in [2.24, 2.45) is 0 Å². The Hall–Kier alpha value is -3.03. The quantitative estimate of drug-likeness (QED) is 0.532. The molecule has 1 saturated carbocycles. The summed E-state index contributed by atoms with van der Waals surface area (Å²) in [6, 6.07) is 17.8. The monoisotopic (exact) mass is 469 g/mol. The van der Waals surface area contributed by atoms with Crippen LogP contribution in [-0.4, -0.2) is 21.1 Å². The Balaban J connectivity index is 1.54. The number of amides is 1. The first-order valence-corrected chi connectivity index (χ1v) is 12.5. The topological polar surface area (TPSA) is 81.7 Å². The molecule has 164 valence electrons. The van der Waals surface area contributed by atoms with Gasteiger partial charge in [-0.1, -0.05) is 36.4 Å². The average Bonchev–Trinajstić information content (AvgIpc) is 3.44. The molecule has 1 N–H and O–H groups in total. The Bertz CT molecular complexity index is 1350. The highest BCUT2D eigenvalue weighted by Gasteiger charge is 2.51. The lowest BCUT2D eigenvalue weighted by Crippen LogP contribution is -2.28. The van der Waals surface area contributed by atoms with E-state index in [1.165, 1.54) is 12.1 Å². The molecule has 0 radical (unpaired) electrons. The van der Waals surface area contributed by atoms with Crippen LogP contribution in [-0.2, 0) is 19.3 Å². The van der Waals surface area contributed by atoms with Gasteiger partial charge in [0, 0.05) is 21.9 Å². The fourth-order valence-electron chi connectivity index (χ4n) is 4.10. The number of carbonyl (C=O) groups is 1. The molecule has 0 aromatic heterocycles. The first-order chi connectivity index (χ1) is 15.3. The third kappa shape index (κ3) is 3.61. The smallest absolute Gasteiger partial charge is 0.261 e.